The Bertz CT molecular complexity index is 131. The largest absolute Gasteiger partial charge is 0.401 e. The summed E-state index contributed by atoms with van der Waals surface area (Å²) in [7, 11) is 0. The molecular weight excluding hydrogens is 171 g/mol. The van der Waals surface area contributed by atoms with Crippen LogP contribution in [-0.2, 0) is 4.74 Å². The van der Waals surface area contributed by atoms with Gasteiger partial charge >= 0.3 is 6.18 Å². The maximum absolute atomic E-state index is 11.7. The van der Waals surface area contributed by atoms with Crippen LogP contribution in [0.3, 0.4) is 0 Å². The minimum absolute atomic E-state index is 0.125. The summed E-state index contributed by atoms with van der Waals surface area (Å²) in [6.45, 7) is 0.154. The van der Waals surface area contributed by atoms with E-state index in [1.54, 1.807) is 0 Å². The Labute approximate surface area is 69.1 Å². The molecule has 0 aliphatic carbocycles. The van der Waals surface area contributed by atoms with Gasteiger partial charge in [0.25, 0.3) is 0 Å². The molecule has 12 heavy (non-hydrogen) atoms. The SMILES string of the molecule is FC(F)(F)CNC1CCCOC1. The number of hydrogen-bond donors (Lipinski definition) is 1. The van der Waals surface area contributed by atoms with Crippen LogP contribution < -0.4 is 5.32 Å². The van der Waals surface area contributed by atoms with E-state index in [0.29, 0.717) is 13.2 Å². The Morgan fingerprint density at radius 1 is 1.42 bits per heavy atom. The number of alkyl halides is 3. The van der Waals surface area contributed by atoms with Crippen molar-refractivity contribution in [2.24, 2.45) is 0 Å². The predicted molar refractivity (Wildman–Crippen MR) is 37.9 cm³/mol. The number of hydrogen-bond acceptors (Lipinski definition) is 2. The Hall–Kier alpha value is -0.290. The van der Waals surface area contributed by atoms with Crippen molar-refractivity contribution in [1.82, 2.24) is 5.32 Å². The third-order valence-electron chi connectivity index (χ3n) is 1.75. The number of ether oxygens (including phenoxy) is 1. The zero-order chi connectivity index (χ0) is 9.03. The average molecular weight is 183 g/mol. The molecule has 72 valence electrons. The van der Waals surface area contributed by atoms with Gasteiger partial charge in [0.2, 0.25) is 0 Å². The van der Waals surface area contributed by atoms with Crippen LogP contribution in [0.2, 0.25) is 0 Å². The summed E-state index contributed by atoms with van der Waals surface area (Å²) in [5.41, 5.74) is 0. The summed E-state index contributed by atoms with van der Waals surface area (Å²) < 4.78 is 40.1. The molecule has 1 aliphatic heterocycles. The van der Waals surface area contributed by atoms with Gasteiger partial charge in [-0.25, -0.2) is 0 Å². The Balaban J connectivity index is 2.13. The average Bonchev–Trinajstić information content (AvgIpc) is 2.02. The van der Waals surface area contributed by atoms with Gasteiger partial charge in [-0.2, -0.15) is 13.2 Å². The summed E-state index contributed by atoms with van der Waals surface area (Å²) in [6.07, 6.45) is -2.50. The van der Waals surface area contributed by atoms with Crippen LogP contribution in [0.4, 0.5) is 13.2 Å². The summed E-state index contributed by atoms with van der Waals surface area (Å²) in [5, 5.41) is 2.41. The molecule has 1 heterocycles. The molecule has 0 aromatic heterocycles. The van der Waals surface area contributed by atoms with Crippen LogP contribution in [0.1, 0.15) is 12.8 Å². The molecule has 0 spiro atoms. The first-order valence-corrected chi connectivity index (χ1v) is 3.96. The van der Waals surface area contributed by atoms with Crippen LogP contribution in [0.5, 0.6) is 0 Å². The first-order chi connectivity index (χ1) is 5.58. The minimum atomic E-state index is -4.11. The van der Waals surface area contributed by atoms with E-state index in [0.717, 1.165) is 12.8 Å². The van der Waals surface area contributed by atoms with Crippen molar-refractivity contribution in [3.63, 3.8) is 0 Å². The summed E-state index contributed by atoms with van der Waals surface area (Å²) in [4.78, 5) is 0. The molecule has 1 unspecified atom stereocenters. The van der Waals surface area contributed by atoms with Crippen LogP contribution in [0, 0.1) is 0 Å². The molecule has 0 aromatic carbocycles. The smallest absolute Gasteiger partial charge is 0.380 e. The standard InChI is InChI=1S/C7H12F3NO/c8-7(9,10)5-11-6-2-1-3-12-4-6/h6,11H,1-5H2. The fraction of sp³-hybridized carbons (Fsp3) is 1.00. The van der Waals surface area contributed by atoms with Crippen LogP contribution >= 0.6 is 0 Å². The zero-order valence-corrected chi connectivity index (χ0v) is 6.66. The third kappa shape index (κ3) is 3.92. The fourth-order valence-corrected chi connectivity index (χ4v) is 1.16. The third-order valence-corrected chi connectivity index (χ3v) is 1.75. The molecule has 1 N–H and O–H groups in total. The molecule has 1 saturated heterocycles. The lowest BCUT2D eigenvalue weighted by Gasteiger charge is -2.23. The van der Waals surface area contributed by atoms with E-state index in [4.69, 9.17) is 4.74 Å². The molecule has 0 bridgehead atoms. The highest BCUT2D eigenvalue weighted by molar-refractivity contribution is 4.71. The summed E-state index contributed by atoms with van der Waals surface area (Å²) >= 11 is 0. The maximum Gasteiger partial charge on any atom is 0.401 e. The van der Waals surface area contributed by atoms with Crippen molar-refractivity contribution < 1.29 is 17.9 Å². The van der Waals surface area contributed by atoms with Gasteiger partial charge in [0.1, 0.15) is 0 Å². The summed E-state index contributed by atoms with van der Waals surface area (Å²) in [6, 6.07) is -0.125. The molecule has 0 saturated carbocycles. The van der Waals surface area contributed by atoms with E-state index in [1.807, 2.05) is 0 Å². The monoisotopic (exact) mass is 183 g/mol. The van der Waals surface area contributed by atoms with Gasteiger partial charge < -0.3 is 10.1 Å². The number of rotatable bonds is 2. The van der Waals surface area contributed by atoms with E-state index in [-0.39, 0.29) is 6.04 Å². The maximum atomic E-state index is 11.7. The van der Waals surface area contributed by atoms with Crippen LogP contribution in [-0.4, -0.2) is 32.0 Å². The quantitative estimate of drug-likeness (QED) is 0.697. The lowest BCUT2D eigenvalue weighted by Crippen LogP contribution is -2.41. The van der Waals surface area contributed by atoms with E-state index in [2.05, 4.69) is 5.32 Å². The van der Waals surface area contributed by atoms with Crippen molar-refractivity contribution in [1.29, 1.82) is 0 Å². The molecule has 0 aromatic rings. The van der Waals surface area contributed by atoms with Crippen molar-refractivity contribution >= 4 is 0 Å². The van der Waals surface area contributed by atoms with Crippen molar-refractivity contribution in [2.75, 3.05) is 19.8 Å². The molecule has 1 aliphatic rings. The Morgan fingerprint density at radius 3 is 2.67 bits per heavy atom. The van der Waals surface area contributed by atoms with E-state index >= 15 is 0 Å². The molecule has 1 rings (SSSR count). The van der Waals surface area contributed by atoms with Gasteiger partial charge in [-0.05, 0) is 12.8 Å². The number of halogens is 3. The van der Waals surface area contributed by atoms with Crippen molar-refractivity contribution in [3.8, 4) is 0 Å². The fourth-order valence-electron chi connectivity index (χ4n) is 1.16. The van der Waals surface area contributed by atoms with Crippen molar-refractivity contribution in [3.05, 3.63) is 0 Å². The second-order valence-electron chi connectivity index (χ2n) is 2.91. The number of nitrogens with one attached hydrogen (secondary N) is 1. The van der Waals surface area contributed by atoms with Crippen LogP contribution in [0.25, 0.3) is 0 Å². The van der Waals surface area contributed by atoms with Gasteiger partial charge in [0.15, 0.2) is 0 Å². The normalized spacial score (nSPS) is 25.8. The van der Waals surface area contributed by atoms with Gasteiger partial charge in [0.05, 0.1) is 13.2 Å². The highest BCUT2D eigenvalue weighted by Gasteiger charge is 2.28. The van der Waals surface area contributed by atoms with Gasteiger partial charge in [-0.15, -0.1) is 0 Å². The van der Waals surface area contributed by atoms with Gasteiger partial charge in [-0.3, -0.25) is 0 Å². The lowest BCUT2D eigenvalue weighted by molar-refractivity contribution is -0.127. The first kappa shape index (κ1) is 9.80. The van der Waals surface area contributed by atoms with E-state index < -0.39 is 12.7 Å². The molecular formula is C7H12F3NO. The van der Waals surface area contributed by atoms with E-state index in [1.165, 1.54) is 0 Å². The second-order valence-corrected chi connectivity index (χ2v) is 2.91. The van der Waals surface area contributed by atoms with E-state index in [9.17, 15) is 13.2 Å². The first-order valence-electron chi connectivity index (χ1n) is 3.96. The van der Waals surface area contributed by atoms with Crippen molar-refractivity contribution in [2.45, 2.75) is 25.1 Å². The van der Waals surface area contributed by atoms with Crippen LogP contribution in [0.15, 0.2) is 0 Å². The topological polar surface area (TPSA) is 21.3 Å². The molecule has 1 atom stereocenters. The zero-order valence-electron chi connectivity index (χ0n) is 6.66. The Morgan fingerprint density at radius 2 is 2.17 bits per heavy atom. The highest BCUT2D eigenvalue weighted by atomic mass is 19.4. The van der Waals surface area contributed by atoms with Gasteiger partial charge in [-0.1, -0.05) is 0 Å². The molecule has 0 amide bonds. The predicted octanol–water partition coefficient (Wildman–Crippen LogP) is 1.32. The second kappa shape index (κ2) is 4.09. The Kier molecular flexibility index (Phi) is 3.34. The summed E-state index contributed by atoms with van der Waals surface area (Å²) in [5.74, 6) is 0. The minimum Gasteiger partial charge on any atom is -0.380 e. The lowest BCUT2D eigenvalue weighted by atomic mass is 10.1. The molecule has 2 nitrogen and oxygen atoms in total. The molecule has 5 heteroatoms. The van der Waals surface area contributed by atoms with Gasteiger partial charge in [0, 0.05) is 12.6 Å². The molecule has 1 fully saturated rings. The highest BCUT2D eigenvalue weighted by Crippen LogP contribution is 2.14. The molecule has 0 radical (unpaired) electrons.